The van der Waals surface area contributed by atoms with Gasteiger partial charge in [0.2, 0.25) is 0 Å². The summed E-state index contributed by atoms with van der Waals surface area (Å²) in [6, 6.07) is 12.5. The Labute approximate surface area is 163 Å². The van der Waals surface area contributed by atoms with Crippen LogP contribution in [0.5, 0.6) is 0 Å². The van der Waals surface area contributed by atoms with E-state index in [9.17, 15) is 8.78 Å². The first-order chi connectivity index (χ1) is 13.2. The number of aliphatic imine (C=N–C) groups is 1. The minimum absolute atomic E-state index is 0.253. The van der Waals surface area contributed by atoms with E-state index in [1.165, 1.54) is 31.2 Å². The monoisotopic (exact) mass is 377 g/mol. The molecule has 1 aliphatic rings. The van der Waals surface area contributed by atoms with Crippen LogP contribution in [0.1, 0.15) is 47.9 Å². The Bertz CT molecular complexity index is 970. The topological polar surface area (TPSA) is 12.4 Å². The van der Waals surface area contributed by atoms with E-state index in [4.69, 9.17) is 0 Å². The van der Waals surface area contributed by atoms with E-state index in [1.54, 1.807) is 0 Å². The molecule has 0 aromatic heterocycles. The van der Waals surface area contributed by atoms with Crippen LogP contribution in [0, 0.1) is 41.4 Å². The van der Waals surface area contributed by atoms with E-state index >= 15 is 0 Å². The summed E-state index contributed by atoms with van der Waals surface area (Å²) in [4.78, 5) is 3.33. The van der Waals surface area contributed by atoms with Gasteiger partial charge in [-0.25, -0.2) is 8.78 Å². The van der Waals surface area contributed by atoms with E-state index in [0.717, 1.165) is 30.0 Å². The fourth-order valence-corrected chi connectivity index (χ4v) is 2.97. The number of hydrogen-bond donors (Lipinski definition) is 0. The van der Waals surface area contributed by atoms with Gasteiger partial charge in [-0.3, -0.25) is 0 Å². The quantitative estimate of drug-likeness (QED) is 0.390. The number of halogens is 2. The lowest BCUT2D eigenvalue weighted by molar-refractivity contribution is 0.296. The molecule has 1 fully saturated rings. The number of thiocarbonyl (C=S) groups is 1. The van der Waals surface area contributed by atoms with Gasteiger partial charge in [-0.05, 0) is 66.7 Å². The molecule has 27 heavy (non-hydrogen) atoms. The molecule has 1 aliphatic carbocycles. The van der Waals surface area contributed by atoms with Gasteiger partial charge >= 0.3 is 0 Å². The first kappa shape index (κ1) is 19.0. The highest BCUT2D eigenvalue weighted by molar-refractivity contribution is 7.78. The zero-order valence-corrected chi connectivity index (χ0v) is 15.5. The molecular weight excluding hydrogens is 360 g/mol. The average Bonchev–Trinajstić information content (AvgIpc) is 2.62. The highest BCUT2D eigenvalue weighted by Crippen LogP contribution is 2.30. The standard InChI is InChI=1S/C23H17F2NS/c24-22-14-20(15-23(25)21(22)12-13-26-16-27)11-10-19-8-6-18(7-9-19)5-4-17-2-1-3-17/h6-9,14-15,17H,1-5H2. The molecule has 0 saturated heterocycles. The van der Waals surface area contributed by atoms with Crippen molar-refractivity contribution in [2.24, 2.45) is 10.9 Å². The van der Waals surface area contributed by atoms with Crippen LogP contribution in [0.25, 0.3) is 0 Å². The maximum absolute atomic E-state index is 14.0. The number of nitrogens with zero attached hydrogens (tertiary/aromatic N) is 1. The zero-order chi connectivity index (χ0) is 19.1. The fourth-order valence-electron chi connectivity index (χ4n) is 2.92. The van der Waals surface area contributed by atoms with E-state index in [0.29, 0.717) is 0 Å². The molecule has 0 aliphatic heterocycles. The Morgan fingerprint density at radius 3 is 2.22 bits per heavy atom. The van der Waals surface area contributed by atoms with E-state index in [1.807, 2.05) is 17.3 Å². The van der Waals surface area contributed by atoms with Crippen molar-refractivity contribution < 1.29 is 8.78 Å². The molecule has 4 heteroatoms. The van der Waals surface area contributed by atoms with Crippen LogP contribution >= 0.6 is 12.2 Å². The number of aryl methyl sites for hydroxylation is 1. The molecular formula is C23H17F2NS. The largest absolute Gasteiger partial charge is 0.205 e. The lowest BCUT2D eigenvalue weighted by Crippen LogP contribution is -2.11. The Morgan fingerprint density at radius 2 is 1.63 bits per heavy atom. The third kappa shape index (κ3) is 5.35. The third-order valence-corrected chi connectivity index (χ3v) is 4.79. The van der Waals surface area contributed by atoms with Gasteiger partial charge in [-0.2, -0.15) is 0 Å². The van der Waals surface area contributed by atoms with Crippen molar-refractivity contribution in [3.63, 3.8) is 0 Å². The normalized spacial score (nSPS) is 12.7. The van der Waals surface area contributed by atoms with E-state index in [2.05, 4.69) is 53.1 Å². The highest BCUT2D eigenvalue weighted by atomic mass is 32.1. The Hall–Kier alpha value is -2.78. The maximum Gasteiger partial charge on any atom is 0.143 e. The fraction of sp³-hybridized carbons (Fsp3) is 0.261. The second-order valence-corrected chi connectivity index (χ2v) is 6.72. The second kappa shape index (κ2) is 9.24. The highest BCUT2D eigenvalue weighted by Gasteiger charge is 2.16. The summed E-state index contributed by atoms with van der Waals surface area (Å²) < 4.78 is 28.0. The lowest BCUT2D eigenvalue weighted by atomic mass is 9.81. The van der Waals surface area contributed by atoms with E-state index in [-0.39, 0.29) is 11.1 Å². The molecule has 1 nitrogen and oxygen atoms in total. The van der Waals surface area contributed by atoms with Crippen LogP contribution in [-0.4, -0.2) is 5.16 Å². The van der Waals surface area contributed by atoms with Gasteiger partial charge in [0, 0.05) is 11.1 Å². The molecule has 0 bridgehead atoms. The summed E-state index contributed by atoms with van der Waals surface area (Å²) in [6.45, 7) is 0. The summed E-state index contributed by atoms with van der Waals surface area (Å²) in [7, 11) is 0. The second-order valence-electron chi connectivity index (χ2n) is 6.54. The van der Waals surface area contributed by atoms with Crippen LogP contribution in [0.15, 0.2) is 41.4 Å². The van der Waals surface area contributed by atoms with Crippen molar-refractivity contribution in [1.82, 2.24) is 0 Å². The molecule has 3 rings (SSSR count). The van der Waals surface area contributed by atoms with Gasteiger partial charge in [-0.1, -0.05) is 43.2 Å². The smallest absolute Gasteiger partial charge is 0.143 e. The SMILES string of the molecule is Fc1cc(C#Cc2ccc(CCC3CCC3)cc2)cc(F)c1C#CN=C=S. The predicted molar refractivity (Wildman–Crippen MR) is 106 cm³/mol. The average molecular weight is 377 g/mol. The lowest BCUT2D eigenvalue weighted by Gasteiger charge is -2.25. The molecule has 0 heterocycles. The summed E-state index contributed by atoms with van der Waals surface area (Å²) in [5, 5.41) is 2.02. The molecule has 0 radical (unpaired) electrons. The number of rotatable bonds is 3. The van der Waals surface area contributed by atoms with Crippen molar-refractivity contribution in [2.45, 2.75) is 32.1 Å². The molecule has 0 spiro atoms. The van der Waals surface area contributed by atoms with Crippen molar-refractivity contribution in [2.75, 3.05) is 0 Å². The van der Waals surface area contributed by atoms with Crippen LogP contribution in [0.4, 0.5) is 8.78 Å². The first-order valence-corrected chi connectivity index (χ1v) is 9.24. The van der Waals surface area contributed by atoms with Crippen LogP contribution in [-0.2, 0) is 6.42 Å². The molecule has 0 unspecified atom stereocenters. The van der Waals surface area contributed by atoms with Gasteiger partial charge in [0.05, 0.1) is 16.8 Å². The zero-order valence-electron chi connectivity index (χ0n) is 14.7. The van der Waals surface area contributed by atoms with Crippen LogP contribution in [0.3, 0.4) is 0 Å². The first-order valence-electron chi connectivity index (χ1n) is 8.83. The van der Waals surface area contributed by atoms with Crippen LogP contribution < -0.4 is 0 Å². The van der Waals surface area contributed by atoms with Gasteiger partial charge in [-0.15, -0.1) is 4.99 Å². The van der Waals surface area contributed by atoms with Crippen molar-refractivity contribution in [3.05, 3.63) is 70.3 Å². The Morgan fingerprint density at radius 1 is 0.963 bits per heavy atom. The summed E-state index contributed by atoms with van der Waals surface area (Å²) in [5.41, 5.74) is 2.00. The molecule has 2 aromatic carbocycles. The Kier molecular flexibility index (Phi) is 6.50. The predicted octanol–water partition coefficient (Wildman–Crippen LogP) is 5.51. The Balaban J connectivity index is 1.69. The van der Waals surface area contributed by atoms with Gasteiger partial charge in [0.15, 0.2) is 0 Å². The molecule has 2 aromatic rings. The third-order valence-electron chi connectivity index (χ3n) is 4.70. The summed E-state index contributed by atoms with van der Waals surface area (Å²) >= 11 is 4.35. The van der Waals surface area contributed by atoms with Crippen LogP contribution in [0.2, 0.25) is 0 Å². The van der Waals surface area contributed by atoms with Gasteiger partial charge in [0.25, 0.3) is 0 Å². The van der Waals surface area contributed by atoms with Crippen molar-refractivity contribution >= 4 is 17.4 Å². The van der Waals surface area contributed by atoms with Gasteiger partial charge < -0.3 is 0 Å². The maximum atomic E-state index is 14.0. The molecule has 134 valence electrons. The molecule has 0 amide bonds. The number of benzene rings is 2. The minimum atomic E-state index is -0.780. The minimum Gasteiger partial charge on any atom is -0.205 e. The number of isothiocyanates is 1. The molecule has 0 N–H and O–H groups in total. The van der Waals surface area contributed by atoms with Gasteiger partial charge in [0.1, 0.15) is 11.6 Å². The molecule has 0 atom stereocenters. The van der Waals surface area contributed by atoms with E-state index < -0.39 is 11.6 Å². The molecule has 1 saturated carbocycles. The summed E-state index contributed by atoms with van der Waals surface area (Å²) in [5.74, 6) is 7.34. The number of hydrogen-bond acceptors (Lipinski definition) is 2. The summed E-state index contributed by atoms with van der Waals surface area (Å²) in [6.07, 6.45) is 6.43. The van der Waals surface area contributed by atoms with Crippen molar-refractivity contribution in [1.29, 1.82) is 0 Å². The van der Waals surface area contributed by atoms with Crippen molar-refractivity contribution in [3.8, 4) is 23.8 Å².